The number of H-pyrrole nitrogens is 1. The molecule has 1 aliphatic carbocycles. The Morgan fingerprint density at radius 2 is 2.15 bits per heavy atom. The molecular formula is C16H18N2OS. The number of rotatable bonds is 2. The molecule has 0 radical (unpaired) electrons. The van der Waals surface area contributed by atoms with Gasteiger partial charge in [0.25, 0.3) is 5.56 Å². The number of fused-ring (bicyclic) bond motifs is 3. The van der Waals surface area contributed by atoms with Gasteiger partial charge in [0, 0.05) is 16.5 Å². The number of benzene rings is 1. The number of hydrogen-bond donors (Lipinski definition) is 1. The van der Waals surface area contributed by atoms with Crippen LogP contribution in [0.3, 0.4) is 0 Å². The summed E-state index contributed by atoms with van der Waals surface area (Å²) in [5.41, 5.74) is 3.98. The van der Waals surface area contributed by atoms with E-state index in [2.05, 4.69) is 42.0 Å². The molecule has 0 aliphatic heterocycles. The molecule has 0 unspecified atom stereocenters. The Balaban J connectivity index is 2.38. The number of thioether (sulfide) groups is 1. The van der Waals surface area contributed by atoms with Gasteiger partial charge in [-0.05, 0) is 24.7 Å². The molecule has 1 aliphatic rings. The van der Waals surface area contributed by atoms with Crippen LogP contribution in [-0.4, -0.2) is 16.2 Å². The summed E-state index contributed by atoms with van der Waals surface area (Å²) in [4.78, 5) is 20.1. The third-order valence-electron chi connectivity index (χ3n) is 4.33. The van der Waals surface area contributed by atoms with Crippen molar-refractivity contribution in [2.75, 3.05) is 6.26 Å². The van der Waals surface area contributed by atoms with Crippen LogP contribution in [0.1, 0.15) is 31.4 Å². The van der Waals surface area contributed by atoms with Crippen LogP contribution in [0.25, 0.3) is 11.3 Å². The minimum Gasteiger partial charge on any atom is -0.301 e. The Labute approximate surface area is 122 Å². The van der Waals surface area contributed by atoms with Gasteiger partial charge in [-0.3, -0.25) is 4.79 Å². The summed E-state index contributed by atoms with van der Waals surface area (Å²) in [5, 5.41) is 0.684. The second-order valence-electron chi connectivity index (χ2n) is 5.55. The maximum absolute atomic E-state index is 12.5. The van der Waals surface area contributed by atoms with Crippen molar-refractivity contribution in [2.24, 2.45) is 0 Å². The summed E-state index contributed by atoms with van der Waals surface area (Å²) in [5.74, 6) is 0. The van der Waals surface area contributed by atoms with Crippen LogP contribution < -0.4 is 5.56 Å². The first-order valence-electron chi connectivity index (χ1n) is 6.86. The third-order valence-corrected chi connectivity index (χ3v) is 4.91. The summed E-state index contributed by atoms with van der Waals surface area (Å²) < 4.78 is 0. The van der Waals surface area contributed by atoms with E-state index in [0.717, 1.165) is 29.7 Å². The van der Waals surface area contributed by atoms with E-state index in [-0.39, 0.29) is 11.0 Å². The van der Waals surface area contributed by atoms with Gasteiger partial charge in [0.15, 0.2) is 5.16 Å². The molecule has 2 aromatic rings. The van der Waals surface area contributed by atoms with Gasteiger partial charge in [-0.15, -0.1) is 0 Å². The van der Waals surface area contributed by atoms with Gasteiger partial charge in [0.1, 0.15) is 0 Å². The van der Waals surface area contributed by atoms with Crippen molar-refractivity contribution >= 4 is 11.8 Å². The molecule has 1 aromatic heterocycles. The molecule has 0 fully saturated rings. The van der Waals surface area contributed by atoms with Crippen molar-refractivity contribution in [3.8, 4) is 11.3 Å². The quantitative estimate of drug-likeness (QED) is 0.680. The molecule has 0 spiro atoms. The molecule has 1 aromatic carbocycles. The first-order valence-corrected chi connectivity index (χ1v) is 8.08. The number of aromatic amines is 1. The first kappa shape index (κ1) is 13.4. The summed E-state index contributed by atoms with van der Waals surface area (Å²) in [6, 6.07) is 8.29. The summed E-state index contributed by atoms with van der Waals surface area (Å²) in [6.07, 6.45) is 3.76. The molecule has 0 amide bonds. The number of hydrogen-bond acceptors (Lipinski definition) is 3. The summed E-state index contributed by atoms with van der Waals surface area (Å²) in [7, 11) is 0. The van der Waals surface area contributed by atoms with Crippen LogP contribution in [0.2, 0.25) is 0 Å². The summed E-state index contributed by atoms with van der Waals surface area (Å²) >= 11 is 1.47. The van der Waals surface area contributed by atoms with Crippen molar-refractivity contribution in [1.82, 2.24) is 9.97 Å². The molecule has 0 bridgehead atoms. The lowest BCUT2D eigenvalue weighted by Crippen LogP contribution is -2.36. The molecule has 4 heteroatoms. The highest BCUT2D eigenvalue weighted by Crippen LogP contribution is 2.42. The fraction of sp³-hybridized carbons (Fsp3) is 0.375. The summed E-state index contributed by atoms with van der Waals surface area (Å²) in [6.45, 7) is 4.30. The van der Waals surface area contributed by atoms with E-state index < -0.39 is 0 Å². The number of nitrogens with zero attached hydrogens (tertiary/aromatic N) is 1. The average Bonchev–Trinajstić information content (AvgIpc) is 2.46. The second-order valence-corrected chi connectivity index (χ2v) is 6.34. The van der Waals surface area contributed by atoms with E-state index in [1.165, 1.54) is 17.3 Å². The minimum absolute atomic E-state index is 0.0122. The van der Waals surface area contributed by atoms with E-state index in [0.29, 0.717) is 5.16 Å². The molecule has 0 saturated carbocycles. The SMILES string of the molecule is CC[C@@]1(C)Cc2ccccc2-c2nc(SC)[nH]c(=O)c21. The highest BCUT2D eigenvalue weighted by Gasteiger charge is 2.37. The first-order chi connectivity index (χ1) is 9.59. The number of nitrogens with one attached hydrogen (secondary N) is 1. The average molecular weight is 286 g/mol. The van der Waals surface area contributed by atoms with Gasteiger partial charge in [0.05, 0.1) is 5.69 Å². The highest BCUT2D eigenvalue weighted by atomic mass is 32.2. The van der Waals surface area contributed by atoms with Crippen molar-refractivity contribution in [1.29, 1.82) is 0 Å². The zero-order valence-electron chi connectivity index (χ0n) is 12.0. The minimum atomic E-state index is -0.138. The Morgan fingerprint density at radius 1 is 1.40 bits per heavy atom. The zero-order chi connectivity index (χ0) is 14.3. The Morgan fingerprint density at radius 3 is 2.85 bits per heavy atom. The van der Waals surface area contributed by atoms with Crippen LogP contribution in [-0.2, 0) is 11.8 Å². The van der Waals surface area contributed by atoms with Gasteiger partial charge in [-0.25, -0.2) is 4.98 Å². The molecular weight excluding hydrogens is 268 g/mol. The van der Waals surface area contributed by atoms with E-state index in [1.54, 1.807) is 0 Å². The largest absolute Gasteiger partial charge is 0.301 e. The van der Waals surface area contributed by atoms with Crippen LogP contribution in [0.15, 0.2) is 34.2 Å². The van der Waals surface area contributed by atoms with Gasteiger partial charge < -0.3 is 4.98 Å². The van der Waals surface area contributed by atoms with Gasteiger partial charge in [0.2, 0.25) is 0 Å². The Bertz CT molecular complexity index is 723. The van der Waals surface area contributed by atoms with E-state index in [1.807, 2.05) is 12.3 Å². The topological polar surface area (TPSA) is 45.8 Å². The lowest BCUT2D eigenvalue weighted by Gasteiger charge is -2.34. The van der Waals surface area contributed by atoms with Gasteiger partial charge in [-0.1, -0.05) is 49.9 Å². The van der Waals surface area contributed by atoms with Crippen LogP contribution in [0.4, 0.5) is 0 Å². The molecule has 0 saturated heterocycles. The van der Waals surface area contributed by atoms with Gasteiger partial charge >= 0.3 is 0 Å². The molecule has 1 N–H and O–H groups in total. The zero-order valence-corrected chi connectivity index (χ0v) is 12.8. The monoisotopic (exact) mass is 286 g/mol. The predicted octanol–water partition coefficient (Wildman–Crippen LogP) is 3.38. The molecule has 20 heavy (non-hydrogen) atoms. The molecule has 3 rings (SSSR count). The van der Waals surface area contributed by atoms with E-state index >= 15 is 0 Å². The van der Waals surface area contributed by atoms with Crippen LogP contribution >= 0.6 is 11.8 Å². The number of aromatic nitrogens is 2. The highest BCUT2D eigenvalue weighted by molar-refractivity contribution is 7.98. The van der Waals surface area contributed by atoms with E-state index in [4.69, 9.17) is 0 Å². The molecule has 3 nitrogen and oxygen atoms in total. The normalized spacial score (nSPS) is 20.4. The van der Waals surface area contributed by atoms with Crippen molar-refractivity contribution in [3.05, 3.63) is 45.7 Å². The smallest absolute Gasteiger partial charge is 0.255 e. The third kappa shape index (κ3) is 1.90. The second kappa shape index (κ2) is 4.77. The lowest BCUT2D eigenvalue weighted by molar-refractivity contribution is 0.439. The Kier molecular flexibility index (Phi) is 3.21. The molecule has 1 atom stereocenters. The van der Waals surface area contributed by atoms with Crippen LogP contribution in [0.5, 0.6) is 0 Å². The predicted molar refractivity (Wildman–Crippen MR) is 83.4 cm³/mol. The van der Waals surface area contributed by atoms with Crippen molar-refractivity contribution < 1.29 is 0 Å². The van der Waals surface area contributed by atoms with E-state index in [9.17, 15) is 4.79 Å². The molecule has 104 valence electrons. The maximum Gasteiger partial charge on any atom is 0.255 e. The van der Waals surface area contributed by atoms with Crippen molar-refractivity contribution in [2.45, 2.75) is 37.3 Å². The molecule has 1 heterocycles. The maximum atomic E-state index is 12.5. The fourth-order valence-electron chi connectivity index (χ4n) is 3.02. The van der Waals surface area contributed by atoms with Crippen LogP contribution in [0, 0.1) is 0 Å². The standard InChI is InChI=1S/C16H18N2OS/c1-4-16(2)9-10-7-5-6-8-11(10)13-12(16)14(19)18-15(17-13)20-3/h5-8H,4,9H2,1-3H3,(H,17,18,19)/t16-/m0/s1. The lowest BCUT2D eigenvalue weighted by atomic mass is 9.69. The van der Waals surface area contributed by atoms with Crippen molar-refractivity contribution in [3.63, 3.8) is 0 Å². The van der Waals surface area contributed by atoms with Gasteiger partial charge in [-0.2, -0.15) is 0 Å². The Hall–Kier alpha value is -1.55. The fourth-order valence-corrected chi connectivity index (χ4v) is 3.40.